The van der Waals surface area contributed by atoms with Crippen LogP contribution in [-0.4, -0.2) is 25.8 Å². The Morgan fingerprint density at radius 2 is 1.90 bits per heavy atom. The summed E-state index contributed by atoms with van der Waals surface area (Å²) in [6, 6.07) is 7.23. The van der Waals surface area contributed by atoms with Crippen molar-refractivity contribution in [3.63, 3.8) is 0 Å². The van der Waals surface area contributed by atoms with Gasteiger partial charge in [-0.3, -0.25) is 4.79 Å². The molecule has 0 aliphatic rings. The number of imidazole rings is 1. The minimum Gasteiger partial charge on any atom is -0.368 e. The first-order valence-electron chi connectivity index (χ1n) is 6.23. The Balaban J connectivity index is 1.88. The molecule has 0 spiro atoms. The number of H-pyrrole nitrogens is 1. The van der Waals surface area contributed by atoms with Crippen molar-refractivity contribution in [2.75, 3.05) is 16.4 Å². The van der Waals surface area contributed by atoms with Gasteiger partial charge < -0.3 is 21.4 Å². The highest BCUT2D eigenvalue weighted by Gasteiger charge is 2.08. The van der Waals surface area contributed by atoms with Crippen molar-refractivity contribution >= 4 is 40.2 Å². The van der Waals surface area contributed by atoms with E-state index in [1.165, 1.54) is 13.3 Å². The maximum atomic E-state index is 11.0. The van der Waals surface area contributed by atoms with Gasteiger partial charge >= 0.3 is 0 Å². The summed E-state index contributed by atoms with van der Waals surface area (Å²) in [5.41, 5.74) is 8.36. The lowest BCUT2D eigenvalue weighted by atomic mass is 10.2. The molecule has 0 aliphatic heterocycles. The normalized spacial score (nSPS) is 10.5. The van der Waals surface area contributed by atoms with Crippen LogP contribution in [0.3, 0.4) is 0 Å². The predicted molar refractivity (Wildman–Crippen MR) is 80.1 cm³/mol. The lowest BCUT2D eigenvalue weighted by Gasteiger charge is -2.08. The molecule has 106 valence electrons. The Kier molecular flexibility index (Phi) is 3.11. The molecule has 0 atom stereocenters. The van der Waals surface area contributed by atoms with Crippen molar-refractivity contribution in [1.29, 1.82) is 0 Å². The Morgan fingerprint density at radius 1 is 1.19 bits per heavy atom. The molecule has 0 unspecified atom stereocenters. The zero-order valence-electron chi connectivity index (χ0n) is 11.2. The Morgan fingerprint density at radius 3 is 2.62 bits per heavy atom. The number of amides is 1. The summed E-state index contributed by atoms with van der Waals surface area (Å²) >= 11 is 0. The van der Waals surface area contributed by atoms with Crippen LogP contribution in [0.1, 0.15) is 6.92 Å². The first kappa shape index (κ1) is 12.9. The number of nitrogens with one attached hydrogen (secondary N) is 3. The number of benzene rings is 1. The van der Waals surface area contributed by atoms with Crippen LogP contribution in [0.25, 0.3) is 11.2 Å². The SMILES string of the molecule is CC(=O)Nc1ccc(Nc2nc(N)nc3nc[nH]c23)cc1. The third kappa shape index (κ3) is 2.73. The summed E-state index contributed by atoms with van der Waals surface area (Å²) in [5.74, 6) is 0.577. The van der Waals surface area contributed by atoms with Crippen LogP contribution < -0.4 is 16.4 Å². The molecule has 21 heavy (non-hydrogen) atoms. The maximum Gasteiger partial charge on any atom is 0.224 e. The maximum absolute atomic E-state index is 11.0. The molecule has 3 rings (SSSR count). The molecule has 0 aliphatic carbocycles. The van der Waals surface area contributed by atoms with Gasteiger partial charge in [-0.1, -0.05) is 0 Å². The number of nitrogens with two attached hydrogens (primary N) is 1. The summed E-state index contributed by atoms with van der Waals surface area (Å²) in [7, 11) is 0. The first-order chi connectivity index (χ1) is 10.1. The number of anilines is 4. The van der Waals surface area contributed by atoms with Crippen molar-refractivity contribution < 1.29 is 4.79 Å². The predicted octanol–water partition coefficient (Wildman–Crippen LogP) is 1.64. The van der Waals surface area contributed by atoms with Crippen molar-refractivity contribution in [2.24, 2.45) is 0 Å². The first-order valence-corrected chi connectivity index (χ1v) is 6.23. The molecule has 0 saturated carbocycles. The van der Waals surface area contributed by atoms with E-state index in [4.69, 9.17) is 5.73 Å². The van der Waals surface area contributed by atoms with Gasteiger partial charge in [-0.05, 0) is 24.3 Å². The molecular weight excluding hydrogens is 270 g/mol. The largest absolute Gasteiger partial charge is 0.368 e. The highest BCUT2D eigenvalue weighted by Crippen LogP contribution is 2.23. The lowest BCUT2D eigenvalue weighted by Crippen LogP contribution is -2.05. The summed E-state index contributed by atoms with van der Waals surface area (Å²) in [6.07, 6.45) is 1.53. The minimum absolute atomic E-state index is 0.113. The van der Waals surface area contributed by atoms with Crippen LogP contribution in [0.15, 0.2) is 30.6 Å². The number of rotatable bonds is 3. The van der Waals surface area contributed by atoms with E-state index in [9.17, 15) is 4.79 Å². The Bertz CT molecular complexity index is 794. The van der Waals surface area contributed by atoms with Gasteiger partial charge in [0.05, 0.1) is 6.33 Å². The van der Waals surface area contributed by atoms with Crippen molar-refractivity contribution in [3.05, 3.63) is 30.6 Å². The number of carbonyl (C=O) groups excluding carboxylic acids is 1. The van der Waals surface area contributed by atoms with Gasteiger partial charge in [0.1, 0.15) is 5.52 Å². The highest BCUT2D eigenvalue weighted by molar-refractivity contribution is 5.89. The van der Waals surface area contributed by atoms with Gasteiger partial charge in [-0.2, -0.15) is 9.97 Å². The van der Waals surface area contributed by atoms with Crippen LogP contribution in [0.4, 0.5) is 23.1 Å². The van der Waals surface area contributed by atoms with E-state index in [1.807, 2.05) is 12.1 Å². The quantitative estimate of drug-likeness (QED) is 0.579. The van der Waals surface area contributed by atoms with Gasteiger partial charge in [0.15, 0.2) is 11.5 Å². The zero-order valence-corrected chi connectivity index (χ0v) is 11.2. The van der Waals surface area contributed by atoms with E-state index in [0.29, 0.717) is 17.0 Å². The molecule has 1 amide bonds. The van der Waals surface area contributed by atoms with Gasteiger partial charge in [0.25, 0.3) is 0 Å². The average Bonchev–Trinajstić information content (AvgIpc) is 2.88. The van der Waals surface area contributed by atoms with Gasteiger partial charge in [0.2, 0.25) is 11.9 Å². The molecule has 0 saturated heterocycles. The Labute approximate surface area is 119 Å². The van der Waals surface area contributed by atoms with Crippen molar-refractivity contribution in [2.45, 2.75) is 6.92 Å². The van der Waals surface area contributed by atoms with E-state index in [0.717, 1.165) is 11.4 Å². The summed E-state index contributed by atoms with van der Waals surface area (Å²) in [4.78, 5) is 26.2. The number of nitrogens with zero attached hydrogens (tertiary/aromatic N) is 3. The van der Waals surface area contributed by atoms with Crippen LogP contribution in [-0.2, 0) is 4.79 Å². The standard InChI is InChI=1S/C13H13N7O/c1-7(21)17-8-2-4-9(5-3-8)18-12-10-11(16-6-15-10)19-13(14)20-12/h2-6H,1H3,(H,17,21)(H4,14,15,16,18,19,20). The molecule has 0 fully saturated rings. The Hall–Kier alpha value is -3.16. The second-order valence-electron chi connectivity index (χ2n) is 4.42. The fourth-order valence-electron chi connectivity index (χ4n) is 1.92. The second-order valence-corrected chi connectivity index (χ2v) is 4.42. The molecule has 2 heterocycles. The minimum atomic E-state index is -0.113. The van der Waals surface area contributed by atoms with Gasteiger partial charge in [-0.25, -0.2) is 4.98 Å². The van der Waals surface area contributed by atoms with Gasteiger partial charge in [-0.15, -0.1) is 0 Å². The summed E-state index contributed by atoms with van der Waals surface area (Å²) < 4.78 is 0. The van der Waals surface area contributed by atoms with E-state index in [1.54, 1.807) is 12.1 Å². The average molecular weight is 283 g/mol. The highest BCUT2D eigenvalue weighted by atomic mass is 16.1. The lowest BCUT2D eigenvalue weighted by molar-refractivity contribution is -0.114. The molecule has 3 aromatic rings. The number of hydrogen-bond donors (Lipinski definition) is 4. The molecule has 8 heteroatoms. The number of carbonyl (C=O) groups is 1. The van der Waals surface area contributed by atoms with Crippen LogP contribution in [0, 0.1) is 0 Å². The van der Waals surface area contributed by atoms with Crippen molar-refractivity contribution in [3.8, 4) is 0 Å². The second kappa shape index (κ2) is 5.08. The monoisotopic (exact) mass is 283 g/mol. The number of fused-ring (bicyclic) bond motifs is 1. The molecular formula is C13H13N7O. The summed E-state index contributed by atoms with van der Waals surface area (Å²) in [6.45, 7) is 1.46. The topological polar surface area (TPSA) is 122 Å². The van der Waals surface area contributed by atoms with Crippen LogP contribution >= 0.6 is 0 Å². The number of aromatic nitrogens is 4. The van der Waals surface area contributed by atoms with E-state index in [2.05, 4.69) is 30.6 Å². The smallest absolute Gasteiger partial charge is 0.224 e. The fourth-order valence-corrected chi connectivity index (χ4v) is 1.92. The van der Waals surface area contributed by atoms with Crippen LogP contribution in [0.5, 0.6) is 0 Å². The number of hydrogen-bond acceptors (Lipinski definition) is 6. The molecule has 1 aromatic carbocycles. The molecule has 5 N–H and O–H groups in total. The number of aromatic amines is 1. The van der Waals surface area contributed by atoms with Crippen LogP contribution in [0.2, 0.25) is 0 Å². The van der Waals surface area contributed by atoms with E-state index < -0.39 is 0 Å². The fraction of sp³-hybridized carbons (Fsp3) is 0.0769. The third-order valence-electron chi connectivity index (χ3n) is 2.77. The van der Waals surface area contributed by atoms with E-state index >= 15 is 0 Å². The van der Waals surface area contributed by atoms with Gasteiger partial charge in [0, 0.05) is 18.3 Å². The number of nitrogen functional groups attached to an aromatic ring is 1. The molecule has 0 bridgehead atoms. The molecule has 0 radical (unpaired) electrons. The molecule has 2 aromatic heterocycles. The molecule has 8 nitrogen and oxygen atoms in total. The van der Waals surface area contributed by atoms with E-state index in [-0.39, 0.29) is 11.9 Å². The van der Waals surface area contributed by atoms with Crippen molar-refractivity contribution in [1.82, 2.24) is 19.9 Å². The third-order valence-corrected chi connectivity index (χ3v) is 2.77. The zero-order chi connectivity index (χ0) is 14.8. The summed E-state index contributed by atoms with van der Waals surface area (Å²) in [5, 5.41) is 5.84.